The standard InChI is InChI=1S/C19H26N2O2S/c22-24(23,15-16-4-2-1-3-5-16)21-10-8-20(9-11-21)14-19-13-17-6-7-18(19)12-17/h1-7,17-19H,8-15H2/p+1/t17-,18-,19-/m0/s1. The number of rotatable bonds is 5. The highest BCUT2D eigenvalue weighted by Crippen LogP contribution is 2.42. The zero-order valence-corrected chi connectivity index (χ0v) is 14.9. The molecule has 4 rings (SSSR count). The van der Waals surface area contributed by atoms with Crippen LogP contribution in [-0.2, 0) is 15.8 Å². The number of sulfonamides is 1. The molecule has 0 amide bonds. The van der Waals surface area contributed by atoms with Crippen LogP contribution in [0.25, 0.3) is 0 Å². The Morgan fingerprint density at radius 1 is 1.04 bits per heavy atom. The van der Waals surface area contributed by atoms with E-state index in [1.54, 1.807) is 9.21 Å². The molecule has 24 heavy (non-hydrogen) atoms. The van der Waals surface area contributed by atoms with Crippen LogP contribution in [0.4, 0.5) is 0 Å². The first-order valence-corrected chi connectivity index (χ1v) is 10.7. The highest BCUT2D eigenvalue weighted by Gasteiger charge is 2.39. The van der Waals surface area contributed by atoms with Crippen LogP contribution in [-0.4, -0.2) is 45.4 Å². The van der Waals surface area contributed by atoms with Gasteiger partial charge in [-0.05, 0) is 30.2 Å². The number of nitrogens with one attached hydrogen (secondary N) is 1. The highest BCUT2D eigenvalue weighted by atomic mass is 32.2. The Labute approximate surface area is 145 Å². The van der Waals surface area contributed by atoms with Gasteiger partial charge in [-0.15, -0.1) is 0 Å². The molecule has 1 N–H and O–H groups in total. The summed E-state index contributed by atoms with van der Waals surface area (Å²) in [5.74, 6) is 2.57. The number of hydrogen-bond acceptors (Lipinski definition) is 2. The van der Waals surface area contributed by atoms with E-state index >= 15 is 0 Å². The van der Waals surface area contributed by atoms with Crippen LogP contribution in [0.15, 0.2) is 42.5 Å². The van der Waals surface area contributed by atoms with Crippen molar-refractivity contribution in [1.29, 1.82) is 0 Å². The van der Waals surface area contributed by atoms with Crippen molar-refractivity contribution in [2.24, 2.45) is 17.8 Å². The molecule has 0 unspecified atom stereocenters. The molecule has 0 spiro atoms. The molecule has 2 aliphatic carbocycles. The van der Waals surface area contributed by atoms with Gasteiger partial charge in [0.2, 0.25) is 10.0 Å². The van der Waals surface area contributed by atoms with E-state index < -0.39 is 10.0 Å². The minimum atomic E-state index is -3.19. The fourth-order valence-corrected chi connectivity index (χ4v) is 6.20. The molecule has 1 heterocycles. The third kappa shape index (κ3) is 3.44. The maximum absolute atomic E-state index is 12.6. The summed E-state index contributed by atoms with van der Waals surface area (Å²) in [4.78, 5) is 1.59. The molecular formula is C19H27N2O2S+. The SMILES string of the molecule is O=S(=O)(Cc1ccccc1)N1CC[NH+](C[C@@H]2C[C@H]3C=C[C@H]2C3)CC1. The van der Waals surface area contributed by atoms with E-state index in [0.717, 1.165) is 36.4 Å². The molecule has 2 fully saturated rings. The topological polar surface area (TPSA) is 41.8 Å². The number of quaternary nitrogens is 1. The molecule has 2 bridgehead atoms. The Morgan fingerprint density at radius 2 is 1.79 bits per heavy atom. The van der Waals surface area contributed by atoms with Gasteiger partial charge in [-0.25, -0.2) is 8.42 Å². The average molecular weight is 348 g/mol. The van der Waals surface area contributed by atoms with E-state index in [9.17, 15) is 8.42 Å². The number of hydrogen-bond donors (Lipinski definition) is 1. The van der Waals surface area contributed by atoms with Crippen LogP contribution in [0.3, 0.4) is 0 Å². The minimum Gasteiger partial charge on any atom is -0.333 e. The van der Waals surface area contributed by atoms with E-state index in [1.165, 1.54) is 19.4 Å². The van der Waals surface area contributed by atoms with Gasteiger partial charge in [0.05, 0.1) is 38.5 Å². The zero-order chi connectivity index (χ0) is 16.6. The predicted octanol–water partition coefficient (Wildman–Crippen LogP) is 0.929. The molecule has 5 heteroatoms. The average Bonchev–Trinajstić information content (AvgIpc) is 3.19. The van der Waals surface area contributed by atoms with Gasteiger partial charge in [0.15, 0.2) is 0 Å². The third-order valence-electron chi connectivity index (χ3n) is 5.98. The van der Waals surface area contributed by atoms with Crippen LogP contribution < -0.4 is 4.90 Å². The van der Waals surface area contributed by atoms with Crippen molar-refractivity contribution in [3.63, 3.8) is 0 Å². The largest absolute Gasteiger partial charge is 0.333 e. The van der Waals surface area contributed by atoms with Gasteiger partial charge in [0.25, 0.3) is 0 Å². The lowest BCUT2D eigenvalue weighted by molar-refractivity contribution is -0.907. The predicted molar refractivity (Wildman–Crippen MR) is 95.0 cm³/mol. The zero-order valence-electron chi connectivity index (χ0n) is 14.1. The van der Waals surface area contributed by atoms with Gasteiger partial charge >= 0.3 is 0 Å². The summed E-state index contributed by atoms with van der Waals surface area (Å²) in [6.07, 6.45) is 7.51. The fourth-order valence-electron chi connectivity index (χ4n) is 4.66. The van der Waals surface area contributed by atoms with Crippen LogP contribution >= 0.6 is 0 Å². The van der Waals surface area contributed by atoms with Crippen molar-refractivity contribution in [1.82, 2.24) is 4.31 Å². The summed E-state index contributed by atoms with van der Waals surface area (Å²) >= 11 is 0. The lowest BCUT2D eigenvalue weighted by Gasteiger charge is -2.33. The Morgan fingerprint density at radius 3 is 2.42 bits per heavy atom. The van der Waals surface area contributed by atoms with Gasteiger partial charge in [-0.1, -0.05) is 42.5 Å². The molecule has 0 radical (unpaired) electrons. The molecule has 4 nitrogen and oxygen atoms in total. The molecule has 130 valence electrons. The first-order valence-electron chi connectivity index (χ1n) is 9.14. The molecule has 3 aliphatic rings. The number of allylic oxidation sites excluding steroid dienone is 2. The summed E-state index contributed by atoms with van der Waals surface area (Å²) in [5.41, 5.74) is 0.876. The first-order chi connectivity index (χ1) is 11.6. The molecule has 1 aliphatic heterocycles. The number of fused-ring (bicyclic) bond motifs is 2. The molecular weight excluding hydrogens is 320 g/mol. The van der Waals surface area contributed by atoms with Crippen molar-refractivity contribution >= 4 is 10.0 Å². The first kappa shape index (κ1) is 16.3. The number of nitrogens with zero attached hydrogens (tertiary/aromatic N) is 1. The van der Waals surface area contributed by atoms with Gasteiger partial charge in [-0.2, -0.15) is 4.31 Å². The molecule has 1 aromatic carbocycles. The molecule has 1 saturated heterocycles. The van der Waals surface area contributed by atoms with Crippen molar-refractivity contribution in [3.05, 3.63) is 48.0 Å². The molecule has 0 aromatic heterocycles. The fraction of sp³-hybridized carbons (Fsp3) is 0.579. The van der Waals surface area contributed by atoms with E-state index in [2.05, 4.69) is 12.2 Å². The summed E-state index contributed by atoms with van der Waals surface area (Å²) in [7, 11) is -3.19. The molecule has 3 atom stereocenters. The number of benzene rings is 1. The van der Waals surface area contributed by atoms with Crippen molar-refractivity contribution in [2.45, 2.75) is 18.6 Å². The second-order valence-corrected chi connectivity index (χ2v) is 9.60. The van der Waals surface area contributed by atoms with Crippen LogP contribution in [0.2, 0.25) is 0 Å². The van der Waals surface area contributed by atoms with E-state index in [1.807, 2.05) is 30.3 Å². The quantitative estimate of drug-likeness (QED) is 0.805. The Kier molecular flexibility index (Phi) is 4.50. The van der Waals surface area contributed by atoms with Gasteiger partial charge in [-0.3, -0.25) is 0 Å². The van der Waals surface area contributed by atoms with Crippen LogP contribution in [0.1, 0.15) is 18.4 Å². The second-order valence-electron chi connectivity index (χ2n) is 7.64. The monoisotopic (exact) mass is 347 g/mol. The van der Waals surface area contributed by atoms with Crippen LogP contribution in [0, 0.1) is 17.8 Å². The Hall–Kier alpha value is -1.17. The van der Waals surface area contributed by atoms with Gasteiger partial charge < -0.3 is 4.90 Å². The highest BCUT2D eigenvalue weighted by molar-refractivity contribution is 7.88. The second kappa shape index (κ2) is 6.62. The van der Waals surface area contributed by atoms with E-state index in [-0.39, 0.29) is 5.75 Å². The van der Waals surface area contributed by atoms with Crippen LogP contribution in [0.5, 0.6) is 0 Å². The molecule has 1 saturated carbocycles. The number of piperazine rings is 1. The van der Waals surface area contributed by atoms with E-state index in [0.29, 0.717) is 13.1 Å². The normalized spacial score (nSPS) is 30.9. The maximum Gasteiger partial charge on any atom is 0.218 e. The third-order valence-corrected chi connectivity index (χ3v) is 7.83. The summed E-state index contributed by atoms with van der Waals surface area (Å²) in [5, 5.41) is 0. The smallest absolute Gasteiger partial charge is 0.218 e. The lowest BCUT2D eigenvalue weighted by Crippen LogP contribution is -3.15. The van der Waals surface area contributed by atoms with Crippen molar-refractivity contribution in [3.8, 4) is 0 Å². The molecule has 1 aromatic rings. The summed E-state index contributed by atoms with van der Waals surface area (Å²) < 4.78 is 26.9. The lowest BCUT2D eigenvalue weighted by atomic mass is 9.93. The Bertz CT molecular complexity index is 693. The van der Waals surface area contributed by atoms with Crippen molar-refractivity contribution < 1.29 is 13.3 Å². The van der Waals surface area contributed by atoms with Gasteiger partial charge in [0, 0.05) is 5.92 Å². The maximum atomic E-state index is 12.6. The van der Waals surface area contributed by atoms with E-state index in [4.69, 9.17) is 0 Å². The Balaban J connectivity index is 1.30. The summed E-state index contributed by atoms with van der Waals surface area (Å²) in [6.45, 7) is 4.46. The van der Waals surface area contributed by atoms with Crippen molar-refractivity contribution in [2.75, 3.05) is 32.7 Å². The minimum absolute atomic E-state index is 0.125. The van der Waals surface area contributed by atoms with Gasteiger partial charge in [0.1, 0.15) is 0 Å². The summed E-state index contributed by atoms with van der Waals surface area (Å²) in [6, 6.07) is 9.50.